The molecule has 0 radical (unpaired) electrons. The van der Waals surface area contributed by atoms with Crippen LogP contribution in [0, 0.1) is 6.92 Å². The van der Waals surface area contributed by atoms with E-state index in [-0.39, 0.29) is 22.8 Å². The molecule has 3 aromatic rings. The fourth-order valence-electron chi connectivity index (χ4n) is 2.80. The monoisotopic (exact) mass is 440 g/mol. The fourth-order valence-corrected chi connectivity index (χ4v) is 2.93. The third-order valence-electron chi connectivity index (χ3n) is 4.24. The van der Waals surface area contributed by atoms with Crippen LogP contribution in [0.1, 0.15) is 5.56 Å². The van der Waals surface area contributed by atoms with Gasteiger partial charge in [0.2, 0.25) is 17.7 Å². The van der Waals surface area contributed by atoms with Crippen molar-refractivity contribution < 1.29 is 19.0 Å². The molecule has 0 aliphatic rings. The summed E-state index contributed by atoms with van der Waals surface area (Å²) >= 11 is 6.22. The Kier molecular flexibility index (Phi) is 6.94. The molecule has 0 unspecified atom stereocenters. The van der Waals surface area contributed by atoms with E-state index in [9.17, 15) is 4.79 Å². The highest BCUT2D eigenvalue weighted by Crippen LogP contribution is 2.37. The maximum Gasteiger partial charge on any atom is 0.247 e. The number of carbonyl (C=O) groups excluding carboxylic acids is 1. The Balaban J connectivity index is 1.85. The van der Waals surface area contributed by atoms with Crippen LogP contribution in [0.15, 0.2) is 55.3 Å². The minimum Gasteiger partial charge on any atom is -0.496 e. The lowest BCUT2D eigenvalue weighted by atomic mass is 10.1. The molecule has 0 fully saturated rings. The molecule has 2 aromatic carbocycles. The number of ether oxygens (including phenoxy) is 3. The minimum atomic E-state index is -0.326. The zero-order chi connectivity index (χ0) is 22.4. The molecule has 0 spiro atoms. The lowest BCUT2D eigenvalue weighted by Crippen LogP contribution is -2.07. The Morgan fingerprint density at radius 3 is 2.71 bits per heavy atom. The molecule has 9 heteroatoms. The molecular formula is C22H21ClN4O4. The predicted octanol–water partition coefficient (Wildman–Crippen LogP) is 5.12. The zero-order valence-electron chi connectivity index (χ0n) is 17.2. The summed E-state index contributed by atoms with van der Waals surface area (Å²) in [5.74, 6) is 1.82. The van der Waals surface area contributed by atoms with E-state index in [0.717, 1.165) is 5.56 Å². The summed E-state index contributed by atoms with van der Waals surface area (Å²) in [5, 5.41) is 5.99. The second-order valence-electron chi connectivity index (χ2n) is 6.27. The Morgan fingerprint density at radius 1 is 1.19 bits per heavy atom. The van der Waals surface area contributed by atoms with Crippen LogP contribution >= 0.6 is 11.6 Å². The smallest absolute Gasteiger partial charge is 0.247 e. The number of carbonyl (C=O) groups is 1. The molecule has 8 nitrogen and oxygen atoms in total. The number of hydrogen-bond donors (Lipinski definition) is 2. The summed E-state index contributed by atoms with van der Waals surface area (Å²) in [6, 6.07) is 10.4. The molecule has 0 saturated heterocycles. The highest BCUT2D eigenvalue weighted by Gasteiger charge is 2.14. The van der Waals surface area contributed by atoms with E-state index >= 15 is 0 Å². The third kappa shape index (κ3) is 5.23. The van der Waals surface area contributed by atoms with Gasteiger partial charge in [0.15, 0.2) is 0 Å². The van der Waals surface area contributed by atoms with E-state index < -0.39 is 0 Å². The van der Waals surface area contributed by atoms with Crippen molar-refractivity contribution in [3.63, 3.8) is 0 Å². The maximum absolute atomic E-state index is 11.5. The summed E-state index contributed by atoms with van der Waals surface area (Å²) in [6.45, 7) is 5.32. The molecule has 1 amide bonds. The lowest BCUT2D eigenvalue weighted by molar-refractivity contribution is -0.111. The van der Waals surface area contributed by atoms with Gasteiger partial charge in [0.1, 0.15) is 22.3 Å². The molecule has 1 aromatic heterocycles. The van der Waals surface area contributed by atoms with Crippen LogP contribution in [-0.4, -0.2) is 30.1 Å². The van der Waals surface area contributed by atoms with Crippen LogP contribution < -0.4 is 24.8 Å². The first-order valence-electron chi connectivity index (χ1n) is 9.17. The zero-order valence-corrected chi connectivity index (χ0v) is 18.0. The second-order valence-corrected chi connectivity index (χ2v) is 6.68. The largest absolute Gasteiger partial charge is 0.496 e. The van der Waals surface area contributed by atoms with Crippen molar-refractivity contribution in [1.29, 1.82) is 0 Å². The van der Waals surface area contributed by atoms with Crippen LogP contribution in [-0.2, 0) is 4.79 Å². The number of aromatic nitrogens is 2. The first-order chi connectivity index (χ1) is 14.9. The summed E-state index contributed by atoms with van der Waals surface area (Å²) in [6.07, 6.45) is 2.61. The van der Waals surface area contributed by atoms with E-state index in [1.54, 1.807) is 44.6 Å². The SMILES string of the molecule is C=CC(=O)Nc1cccc(Oc2nc(Nc3ccc(OC)c(C)c3OC)ncc2Cl)c1. The maximum atomic E-state index is 11.5. The Hall–Kier alpha value is -3.78. The van der Waals surface area contributed by atoms with E-state index in [1.165, 1.54) is 12.3 Å². The van der Waals surface area contributed by atoms with Crippen molar-refractivity contribution in [2.24, 2.45) is 0 Å². The first-order valence-corrected chi connectivity index (χ1v) is 9.55. The number of rotatable bonds is 8. The molecule has 1 heterocycles. The number of hydrogen-bond acceptors (Lipinski definition) is 7. The number of benzene rings is 2. The number of anilines is 3. The first kappa shape index (κ1) is 21.9. The quantitative estimate of drug-likeness (QED) is 0.469. The lowest BCUT2D eigenvalue weighted by Gasteiger charge is -2.15. The summed E-state index contributed by atoms with van der Waals surface area (Å²) < 4.78 is 16.6. The molecule has 0 bridgehead atoms. The molecular weight excluding hydrogens is 420 g/mol. The molecule has 31 heavy (non-hydrogen) atoms. The number of halogens is 1. The van der Waals surface area contributed by atoms with Crippen LogP contribution in [0.25, 0.3) is 0 Å². The average Bonchev–Trinajstić information content (AvgIpc) is 2.76. The van der Waals surface area contributed by atoms with Crippen LogP contribution in [0.4, 0.5) is 17.3 Å². The number of nitrogens with one attached hydrogen (secondary N) is 2. The van der Waals surface area contributed by atoms with Gasteiger partial charge in [0.05, 0.1) is 26.1 Å². The minimum absolute atomic E-state index is 0.149. The van der Waals surface area contributed by atoms with E-state index in [1.807, 2.05) is 13.0 Å². The van der Waals surface area contributed by atoms with Crippen molar-refractivity contribution in [2.45, 2.75) is 6.92 Å². The van der Waals surface area contributed by atoms with Gasteiger partial charge in [-0.15, -0.1) is 0 Å². The van der Waals surface area contributed by atoms with Gasteiger partial charge in [-0.25, -0.2) is 4.98 Å². The van der Waals surface area contributed by atoms with E-state index in [0.29, 0.717) is 28.6 Å². The van der Waals surface area contributed by atoms with Crippen molar-refractivity contribution in [1.82, 2.24) is 9.97 Å². The van der Waals surface area contributed by atoms with Crippen LogP contribution in [0.2, 0.25) is 5.02 Å². The molecule has 0 aliphatic heterocycles. The molecule has 0 atom stereocenters. The van der Waals surface area contributed by atoms with Crippen LogP contribution in [0.5, 0.6) is 23.1 Å². The van der Waals surface area contributed by atoms with Crippen LogP contribution in [0.3, 0.4) is 0 Å². The predicted molar refractivity (Wildman–Crippen MR) is 120 cm³/mol. The van der Waals surface area contributed by atoms with Crippen molar-refractivity contribution >= 4 is 34.8 Å². The molecule has 0 aliphatic carbocycles. The van der Waals surface area contributed by atoms with Gasteiger partial charge in [0, 0.05) is 17.3 Å². The van der Waals surface area contributed by atoms with Crippen molar-refractivity contribution in [2.75, 3.05) is 24.9 Å². The number of nitrogens with zero attached hydrogens (tertiary/aromatic N) is 2. The van der Waals surface area contributed by atoms with E-state index in [2.05, 4.69) is 27.2 Å². The van der Waals surface area contributed by atoms with Gasteiger partial charge in [0.25, 0.3) is 0 Å². The molecule has 160 valence electrons. The average molecular weight is 441 g/mol. The van der Waals surface area contributed by atoms with E-state index in [4.69, 9.17) is 25.8 Å². The summed E-state index contributed by atoms with van der Waals surface area (Å²) in [5.41, 5.74) is 2.03. The highest BCUT2D eigenvalue weighted by molar-refractivity contribution is 6.31. The van der Waals surface area contributed by atoms with Gasteiger partial charge >= 0.3 is 0 Å². The fraction of sp³-hybridized carbons (Fsp3) is 0.136. The Bertz CT molecular complexity index is 1120. The van der Waals surface area contributed by atoms with Gasteiger partial charge in [-0.2, -0.15) is 4.98 Å². The molecule has 3 rings (SSSR count). The van der Waals surface area contributed by atoms with Gasteiger partial charge in [-0.1, -0.05) is 24.2 Å². The normalized spacial score (nSPS) is 10.2. The Morgan fingerprint density at radius 2 is 2.00 bits per heavy atom. The Labute approximate surface area is 184 Å². The number of methoxy groups -OCH3 is 2. The summed E-state index contributed by atoms with van der Waals surface area (Å²) in [4.78, 5) is 20.1. The van der Waals surface area contributed by atoms with Gasteiger partial charge in [-0.3, -0.25) is 4.79 Å². The second kappa shape index (κ2) is 9.82. The summed E-state index contributed by atoms with van der Waals surface area (Å²) in [7, 11) is 3.17. The topological polar surface area (TPSA) is 94.6 Å². The molecule has 0 saturated carbocycles. The number of amides is 1. The van der Waals surface area contributed by atoms with Gasteiger partial charge in [-0.05, 0) is 37.3 Å². The van der Waals surface area contributed by atoms with Gasteiger partial charge < -0.3 is 24.8 Å². The molecule has 2 N–H and O–H groups in total. The van der Waals surface area contributed by atoms with Crippen molar-refractivity contribution in [3.05, 3.63) is 65.8 Å². The highest BCUT2D eigenvalue weighted by atomic mass is 35.5. The third-order valence-corrected chi connectivity index (χ3v) is 4.50. The standard InChI is InChI=1S/C22H21ClN4O4/c1-5-19(28)25-14-7-6-8-15(11-14)31-21-16(23)12-24-22(27-21)26-17-9-10-18(29-3)13(2)20(17)30-4/h5-12H,1H2,2-4H3,(H,25,28)(H,24,26,27). The van der Waals surface area contributed by atoms with Crippen molar-refractivity contribution in [3.8, 4) is 23.1 Å².